The van der Waals surface area contributed by atoms with Gasteiger partial charge < -0.3 is 18.9 Å². The van der Waals surface area contributed by atoms with Gasteiger partial charge in [-0.1, -0.05) is 27.4 Å². The van der Waals surface area contributed by atoms with Gasteiger partial charge in [0, 0.05) is 31.6 Å². The summed E-state index contributed by atoms with van der Waals surface area (Å²) in [7, 11) is 3.42. The van der Waals surface area contributed by atoms with Crippen LogP contribution in [0.3, 0.4) is 0 Å². The van der Waals surface area contributed by atoms with Crippen LogP contribution >= 0.6 is 0 Å². The van der Waals surface area contributed by atoms with Crippen molar-refractivity contribution in [2.24, 2.45) is 5.41 Å². The largest absolute Gasteiger partial charge is 0.459 e. The molecule has 0 aliphatic carbocycles. The second kappa shape index (κ2) is 15.4. The molecule has 5 nitrogen and oxygen atoms in total. The summed E-state index contributed by atoms with van der Waals surface area (Å²) in [6.45, 7) is 17.1. The van der Waals surface area contributed by atoms with Crippen LogP contribution in [0.15, 0.2) is 12.2 Å². The molecular weight excluding hydrogens is 320 g/mol. The van der Waals surface area contributed by atoms with Crippen LogP contribution in [0.1, 0.15) is 60.8 Å². The van der Waals surface area contributed by atoms with Gasteiger partial charge in [-0.25, -0.2) is 4.79 Å². The van der Waals surface area contributed by atoms with Gasteiger partial charge in [0.15, 0.2) is 0 Å². The first-order valence-corrected chi connectivity index (χ1v) is 9.26. The third kappa shape index (κ3) is 12.1. The zero-order chi connectivity index (χ0) is 19.9. The minimum absolute atomic E-state index is 0.0268. The Morgan fingerprint density at radius 1 is 1.08 bits per heavy atom. The van der Waals surface area contributed by atoms with E-state index in [1.54, 1.807) is 21.1 Å². The smallest absolute Gasteiger partial charge is 0.333 e. The van der Waals surface area contributed by atoms with Crippen molar-refractivity contribution >= 4 is 5.97 Å². The van der Waals surface area contributed by atoms with Gasteiger partial charge in [-0.05, 0) is 33.6 Å². The molecule has 2 unspecified atom stereocenters. The number of carbonyl (C=O) groups excluding carboxylic acids is 1. The lowest BCUT2D eigenvalue weighted by molar-refractivity contribution is -0.144. The fourth-order valence-electron chi connectivity index (χ4n) is 2.57. The van der Waals surface area contributed by atoms with Gasteiger partial charge in [-0.3, -0.25) is 0 Å². The summed E-state index contributed by atoms with van der Waals surface area (Å²) < 4.78 is 21.8. The quantitative estimate of drug-likeness (QED) is 0.360. The van der Waals surface area contributed by atoms with Crippen LogP contribution in [0.5, 0.6) is 0 Å². The normalized spacial score (nSPS) is 13.4. The lowest BCUT2D eigenvalue weighted by Gasteiger charge is -2.33. The van der Waals surface area contributed by atoms with Crippen LogP contribution in [0, 0.1) is 5.41 Å². The number of hydrogen-bond acceptors (Lipinski definition) is 5. The molecule has 0 aromatic heterocycles. The Kier molecular flexibility index (Phi) is 16.2. The summed E-state index contributed by atoms with van der Waals surface area (Å²) in [5.74, 6) is -0.351. The van der Waals surface area contributed by atoms with Crippen molar-refractivity contribution < 1.29 is 23.7 Å². The number of rotatable bonds is 13. The predicted octanol–water partition coefficient (Wildman–Crippen LogP) is 4.39. The fraction of sp³-hybridized carbons (Fsp3) is 0.850. The van der Waals surface area contributed by atoms with E-state index in [1.807, 2.05) is 20.8 Å². The van der Waals surface area contributed by atoms with Crippen LogP contribution in [0.2, 0.25) is 0 Å². The van der Waals surface area contributed by atoms with Crippen molar-refractivity contribution in [1.82, 2.24) is 0 Å². The molecule has 0 aromatic carbocycles. The highest BCUT2D eigenvalue weighted by atomic mass is 16.5. The Bertz CT molecular complexity index is 348. The molecule has 2 atom stereocenters. The molecule has 0 fully saturated rings. The summed E-state index contributed by atoms with van der Waals surface area (Å²) in [6, 6.07) is 0. The van der Waals surface area contributed by atoms with Gasteiger partial charge >= 0.3 is 5.97 Å². The Morgan fingerprint density at radius 2 is 1.60 bits per heavy atom. The highest BCUT2D eigenvalue weighted by Gasteiger charge is 2.30. The van der Waals surface area contributed by atoms with Crippen molar-refractivity contribution in [3.63, 3.8) is 0 Å². The fourth-order valence-corrected chi connectivity index (χ4v) is 2.57. The van der Waals surface area contributed by atoms with E-state index in [0.29, 0.717) is 31.8 Å². The maximum absolute atomic E-state index is 11.4. The Balaban J connectivity index is 0. The van der Waals surface area contributed by atoms with Gasteiger partial charge in [-0.15, -0.1) is 0 Å². The van der Waals surface area contributed by atoms with Crippen LogP contribution in [0.4, 0.5) is 0 Å². The molecule has 0 aromatic rings. The van der Waals surface area contributed by atoms with E-state index < -0.39 is 0 Å². The van der Waals surface area contributed by atoms with Crippen molar-refractivity contribution in [2.75, 3.05) is 34.0 Å². The van der Waals surface area contributed by atoms with Gasteiger partial charge in [0.2, 0.25) is 0 Å². The standard InChI is InChI=1S/C18H34O5.C2H6/c1-8-18(12-20-6,13-21-7)11-16(5)22-10-9-15(4)23-17(19)14(2)3;1-2/h15-16H,2,8-13H2,1,3-7H3;1-2H3. The maximum atomic E-state index is 11.4. The highest BCUT2D eigenvalue weighted by Crippen LogP contribution is 2.30. The van der Waals surface area contributed by atoms with E-state index in [2.05, 4.69) is 20.4 Å². The third-order valence-electron chi connectivity index (χ3n) is 3.95. The molecule has 0 spiro atoms. The van der Waals surface area contributed by atoms with Crippen LogP contribution in [-0.4, -0.2) is 52.2 Å². The minimum atomic E-state index is -0.351. The first-order valence-electron chi connectivity index (χ1n) is 9.26. The lowest BCUT2D eigenvalue weighted by atomic mass is 9.81. The number of methoxy groups -OCH3 is 2. The molecule has 0 amide bonds. The average Bonchev–Trinajstić information content (AvgIpc) is 2.56. The molecule has 0 aliphatic rings. The molecular formula is C20H40O5. The number of ether oxygens (including phenoxy) is 4. The average molecular weight is 361 g/mol. The molecule has 150 valence electrons. The van der Waals surface area contributed by atoms with Gasteiger partial charge in [0.25, 0.3) is 0 Å². The van der Waals surface area contributed by atoms with E-state index in [4.69, 9.17) is 18.9 Å². The van der Waals surface area contributed by atoms with Crippen molar-refractivity contribution in [3.05, 3.63) is 12.2 Å². The molecule has 0 N–H and O–H groups in total. The zero-order valence-electron chi connectivity index (χ0n) is 17.6. The molecule has 0 radical (unpaired) electrons. The first-order chi connectivity index (χ1) is 11.8. The minimum Gasteiger partial charge on any atom is -0.459 e. The summed E-state index contributed by atoms with van der Waals surface area (Å²) in [6.07, 6.45) is 2.40. The van der Waals surface area contributed by atoms with E-state index in [-0.39, 0.29) is 23.6 Å². The predicted molar refractivity (Wildman–Crippen MR) is 103 cm³/mol. The van der Waals surface area contributed by atoms with E-state index >= 15 is 0 Å². The van der Waals surface area contributed by atoms with Gasteiger partial charge in [0.1, 0.15) is 6.10 Å². The van der Waals surface area contributed by atoms with E-state index in [1.165, 1.54) is 0 Å². The van der Waals surface area contributed by atoms with E-state index in [9.17, 15) is 4.79 Å². The summed E-state index contributed by atoms with van der Waals surface area (Å²) >= 11 is 0. The third-order valence-corrected chi connectivity index (χ3v) is 3.95. The monoisotopic (exact) mass is 360 g/mol. The molecule has 0 aliphatic heterocycles. The molecule has 0 bridgehead atoms. The van der Waals surface area contributed by atoms with Crippen LogP contribution < -0.4 is 0 Å². The topological polar surface area (TPSA) is 54.0 Å². The van der Waals surface area contributed by atoms with Gasteiger partial charge in [0.05, 0.1) is 25.9 Å². The highest BCUT2D eigenvalue weighted by molar-refractivity contribution is 5.87. The van der Waals surface area contributed by atoms with Crippen molar-refractivity contribution in [2.45, 2.75) is 73.0 Å². The second-order valence-electron chi connectivity index (χ2n) is 6.39. The van der Waals surface area contributed by atoms with Crippen molar-refractivity contribution in [1.29, 1.82) is 0 Å². The summed E-state index contributed by atoms with van der Waals surface area (Å²) in [5, 5.41) is 0. The van der Waals surface area contributed by atoms with Crippen LogP contribution in [-0.2, 0) is 23.7 Å². The van der Waals surface area contributed by atoms with Crippen LogP contribution in [0.25, 0.3) is 0 Å². The SMILES string of the molecule is C=C(C)C(=O)OC(C)CCOC(C)CC(CC)(COC)COC.CC. The summed E-state index contributed by atoms with van der Waals surface area (Å²) in [5.41, 5.74) is 0.388. The number of esters is 1. The first kappa shape index (κ1) is 26.3. The molecule has 0 saturated carbocycles. The zero-order valence-corrected chi connectivity index (χ0v) is 17.6. The molecule has 0 rings (SSSR count). The molecule has 0 heterocycles. The lowest BCUT2D eigenvalue weighted by Crippen LogP contribution is -2.35. The second-order valence-corrected chi connectivity index (χ2v) is 6.39. The van der Waals surface area contributed by atoms with E-state index in [0.717, 1.165) is 12.8 Å². The Labute approximate surface area is 155 Å². The Morgan fingerprint density at radius 3 is 2.00 bits per heavy atom. The molecule has 25 heavy (non-hydrogen) atoms. The summed E-state index contributed by atoms with van der Waals surface area (Å²) in [4.78, 5) is 11.4. The molecule has 5 heteroatoms. The molecule has 0 saturated heterocycles. The Hall–Kier alpha value is -0.910. The maximum Gasteiger partial charge on any atom is 0.333 e. The van der Waals surface area contributed by atoms with Gasteiger partial charge in [-0.2, -0.15) is 0 Å². The number of hydrogen-bond donors (Lipinski definition) is 0. The van der Waals surface area contributed by atoms with Crippen molar-refractivity contribution in [3.8, 4) is 0 Å². The number of carbonyl (C=O) groups is 1.